The van der Waals surface area contributed by atoms with Crippen molar-refractivity contribution in [3.63, 3.8) is 0 Å². The van der Waals surface area contributed by atoms with E-state index in [-0.39, 0.29) is 0 Å². The first-order chi connectivity index (χ1) is 5.68. The fourth-order valence-corrected chi connectivity index (χ4v) is 0.652. The van der Waals surface area contributed by atoms with Crippen LogP contribution in [0.5, 0.6) is 0 Å². The second-order valence-corrected chi connectivity index (χ2v) is 2.37. The maximum absolute atomic E-state index is 10.1. The molecule has 0 aromatic carbocycles. The Balaban J connectivity index is 2.77. The van der Waals surface area contributed by atoms with E-state index in [0.29, 0.717) is 10.8 Å². The highest BCUT2D eigenvalue weighted by molar-refractivity contribution is 6.30. The van der Waals surface area contributed by atoms with Gasteiger partial charge in [0.2, 0.25) is 0 Å². The summed E-state index contributed by atoms with van der Waals surface area (Å²) < 4.78 is 0. The Morgan fingerprint density at radius 2 is 2.08 bits per heavy atom. The molecule has 0 aliphatic rings. The van der Waals surface area contributed by atoms with Gasteiger partial charge in [-0.2, -0.15) is 0 Å². The predicted octanol–water partition coefficient (Wildman–Crippen LogP) is 1.23. The topological polar surface area (TPSA) is 63.1 Å². The van der Waals surface area contributed by atoms with Gasteiger partial charge in [-0.1, -0.05) is 11.6 Å². The molecular formula is C7H5ClN2O2. The Morgan fingerprint density at radius 3 is 2.58 bits per heavy atom. The maximum Gasteiger partial charge on any atom is 0.328 e. The van der Waals surface area contributed by atoms with E-state index < -0.39 is 5.97 Å². The molecule has 62 valence electrons. The summed E-state index contributed by atoms with van der Waals surface area (Å²) in [6.07, 6.45) is 5.05. The fraction of sp³-hybridized carbons (Fsp3) is 0. The van der Waals surface area contributed by atoms with Crippen LogP contribution < -0.4 is 0 Å². The van der Waals surface area contributed by atoms with Gasteiger partial charge < -0.3 is 5.11 Å². The number of nitrogens with zero attached hydrogens (tertiary/aromatic N) is 2. The van der Waals surface area contributed by atoms with Crippen molar-refractivity contribution in [3.8, 4) is 0 Å². The van der Waals surface area contributed by atoms with Crippen molar-refractivity contribution < 1.29 is 9.90 Å². The molecule has 1 aromatic rings. The van der Waals surface area contributed by atoms with Crippen LogP contribution in [0, 0.1) is 0 Å². The highest BCUT2D eigenvalue weighted by Crippen LogP contribution is 2.03. The standard InChI is InChI=1S/C7H5ClN2O2/c8-5-3-9-6(10-4-5)1-2-7(11)12/h1-4H,(H,11,12). The van der Waals surface area contributed by atoms with Gasteiger partial charge in [0.05, 0.1) is 5.02 Å². The first-order valence-corrected chi connectivity index (χ1v) is 3.45. The van der Waals surface area contributed by atoms with Crippen molar-refractivity contribution in [1.82, 2.24) is 9.97 Å². The number of carboxylic acid groups (broad SMARTS) is 1. The zero-order valence-electron chi connectivity index (χ0n) is 5.94. The highest BCUT2D eigenvalue weighted by atomic mass is 35.5. The first-order valence-electron chi connectivity index (χ1n) is 3.07. The molecule has 0 bridgehead atoms. The number of hydrogen-bond acceptors (Lipinski definition) is 3. The van der Waals surface area contributed by atoms with E-state index in [9.17, 15) is 4.79 Å². The van der Waals surface area contributed by atoms with Crippen LogP contribution in [0.3, 0.4) is 0 Å². The zero-order chi connectivity index (χ0) is 8.97. The molecule has 0 fully saturated rings. The molecule has 1 heterocycles. The Labute approximate surface area is 73.5 Å². The SMILES string of the molecule is O=C(O)C=Cc1ncc(Cl)cn1. The van der Waals surface area contributed by atoms with Crippen LogP contribution in [0.2, 0.25) is 5.02 Å². The number of aliphatic carboxylic acids is 1. The largest absolute Gasteiger partial charge is 0.478 e. The van der Waals surface area contributed by atoms with Crippen molar-refractivity contribution in [2.75, 3.05) is 0 Å². The average molecular weight is 185 g/mol. The molecular weight excluding hydrogens is 180 g/mol. The monoisotopic (exact) mass is 184 g/mol. The van der Waals surface area contributed by atoms with Gasteiger partial charge in [-0.15, -0.1) is 0 Å². The summed E-state index contributed by atoms with van der Waals surface area (Å²) in [5.74, 6) is -0.713. The third-order valence-corrected chi connectivity index (χ3v) is 1.21. The summed E-state index contributed by atoms with van der Waals surface area (Å²) in [6, 6.07) is 0. The molecule has 0 saturated heterocycles. The predicted molar refractivity (Wildman–Crippen MR) is 43.7 cm³/mol. The maximum atomic E-state index is 10.1. The number of rotatable bonds is 2. The Kier molecular flexibility index (Phi) is 2.76. The molecule has 1 N–H and O–H groups in total. The lowest BCUT2D eigenvalue weighted by Crippen LogP contribution is -1.89. The molecule has 1 aromatic heterocycles. The van der Waals surface area contributed by atoms with E-state index in [0.717, 1.165) is 6.08 Å². The van der Waals surface area contributed by atoms with Crippen molar-refractivity contribution in [3.05, 3.63) is 29.3 Å². The van der Waals surface area contributed by atoms with E-state index in [4.69, 9.17) is 16.7 Å². The Morgan fingerprint density at radius 1 is 1.50 bits per heavy atom. The van der Waals surface area contributed by atoms with E-state index >= 15 is 0 Å². The van der Waals surface area contributed by atoms with Gasteiger partial charge in [-0.05, 0) is 6.08 Å². The third kappa shape index (κ3) is 2.67. The number of hydrogen-bond donors (Lipinski definition) is 1. The summed E-state index contributed by atoms with van der Waals surface area (Å²) in [7, 11) is 0. The number of halogens is 1. The average Bonchev–Trinajstić information content (AvgIpc) is 2.03. The second kappa shape index (κ2) is 3.82. The molecule has 12 heavy (non-hydrogen) atoms. The van der Waals surface area contributed by atoms with Crippen LogP contribution in [0.4, 0.5) is 0 Å². The van der Waals surface area contributed by atoms with Gasteiger partial charge in [0.1, 0.15) is 0 Å². The van der Waals surface area contributed by atoms with Crippen LogP contribution in [-0.4, -0.2) is 21.0 Å². The second-order valence-electron chi connectivity index (χ2n) is 1.93. The van der Waals surface area contributed by atoms with Gasteiger partial charge in [0, 0.05) is 18.5 Å². The number of carboxylic acids is 1. The number of carbonyl (C=O) groups is 1. The fourth-order valence-electron chi connectivity index (χ4n) is 0.554. The van der Waals surface area contributed by atoms with Gasteiger partial charge in [-0.3, -0.25) is 0 Å². The van der Waals surface area contributed by atoms with Crippen LogP contribution in [0.25, 0.3) is 6.08 Å². The van der Waals surface area contributed by atoms with Crippen LogP contribution in [0.1, 0.15) is 5.82 Å². The molecule has 0 saturated carbocycles. The Hall–Kier alpha value is -1.42. The minimum Gasteiger partial charge on any atom is -0.478 e. The molecule has 0 aliphatic carbocycles. The lowest BCUT2D eigenvalue weighted by molar-refractivity contribution is -0.131. The molecule has 1 rings (SSSR count). The van der Waals surface area contributed by atoms with E-state index in [1.165, 1.54) is 18.5 Å². The molecule has 0 spiro atoms. The lowest BCUT2D eigenvalue weighted by atomic mass is 10.4. The molecule has 0 radical (unpaired) electrons. The minimum atomic E-state index is -1.03. The molecule has 0 atom stereocenters. The summed E-state index contributed by atoms with van der Waals surface area (Å²) in [5.41, 5.74) is 0. The van der Waals surface area contributed by atoms with Crippen LogP contribution in [-0.2, 0) is 4.79 Å². The van der Waals surface area contributed by atoms with Crippen molar-refractivity contribution in [1.29, 1.82) is 0 Å². The zero-order valence-corrected chi connectivity index (χ0v) is 6.69. The van der Waals surface area contributed by atoms with Crippen LogP contribution >= 0.6 is 11.6 Å². The van der Waals surface area contributed by atoms with Crippen molar-refractivity contribution in [2.45, 2.75) is 0 Å². The Bertz CT molecular complexity index is 308. The summed E-state index contributed by atoms with van der Waals surface area (Å²) in [5, 5.41) is 8.68. The van der Waals surface area contributed by atoms with Gasteiger partial charge in [-0.25, -0.2) is 14.8 Å². The van der Waals surface area contributed by atoms with Gasteiger partial charge in [0.25, 0.3) is 0 Å². The summed E-state index contributed by atoms with van der Waals surface area (Å²) in [4.78, 5) is 17.6. The first kappa shape index (κ1) is 8.67. The lowest BCUT2D eigenvalue weighted by Gasteiger charge is -1.89. The minimum absolute atomic E-state index is 0.321. The molecule has 0 aliphatic heterocycles. The third-order valence-electron chi connectivity index (χ3n) is 1.02. The summed E-state index contributed by atoms with van der Waals surface area (Å²) >= 11 is 5.51. The molecule has 0 amide bonds. The highest BCUT2D eigenvalue weighted by Gasteiger charge is 1.91. The molecule has 0 unspecified atom stereocenters. The van der Waals surface area contributed by atoms with Crippen LogP contribution in [0.15, 0.2) is 18.5 Å². The molecule has 5 heteroatoms. The molecule has 4 nitrogen and oxygen atoms in total. The quantitative estimate of drug-likeness (QED) is 0.703. The summed E-state index contributed by atoms with van der Waals surface area (Å²) in [6.45, 7) is 0. The van der Waals surface area contributed by atoms with E-state index in [1.54, 1.807) is 0 Å². The van der Waals surface area contributed by atoms with Crippen molar-refractivity contribution in [2.24, 2.45) is 0 Å². The van der Waals surface area contributed by atoms with Crippen molar-refractivity contribution >= 4 is 23.6 Å². The van der Waals surface area contributed by atoms with E-state index in [2.05, 4.69) is 9.97 Å². The smallest absolute Gasteiger partial charge is 0.328 e. The van der Waals surface area contributed by atoms with Gasteiger partial charge >= 0.3 is 5.97 Å². The van der Waals surface area contributed by atoms with Gasteiger partial charge in [0.15, 0.2) is 5.82 Å². The van der Waals surface area contributed by atoms with E-state index in [1.807, 2.05) is 0 Å². The number of aromatic nitrogens is 2. The normalized spacial score (nSPS) is 10.4.